The summed E-state index contributed by atoms with van der Waals surface area (Å²) in [6.45, 7) is 0. The molecule has 2 heterocycles. The maximum Gasteiger partial charge on any atom is 0.272 e. The predicted molar refractivity (Wildman–Crippen MR) is 89.0 cm³/mol. The highest BCUT2D eigenvalue weighted by atomic mass is 32.2. The molecule has 3 rings (SSSR count). The maximum atomic E-state index is 13.6. The van der Waals surface area contributed by atoms with E-state index in [-0.39, 0.29) is 21.4 Å². The third-order valence-electron chi connectivity index (χ3n) is 3.08. The van der Waals surface area contributed by atoms with Crippen LogP contribution in [0.5, 0.6) is 0 Å². The molecule has 0 amide bonds. The average molecular weight is 385 g/mol. The Morgan fingerprint density at radius 3 is 2.44 bits per heavy atom. The lowest BCUT2D eigenvalue weighted by Crippen LogP contribution is -2.12. The molecular weight excluding hydrogens is 375 g/mol. The van der Waals surface area contributed by atoms with Crippen molar-refractivity contribution in [2.45, 2.75) is 4.21 Å². The number of nitrogens with one attached hydrogen (secondary N) is 2. The van der Waals surface area contributed by atoms with E-state index < -0.39 is 27.5 Å². The number of anilines is 3. The first kappa shape index (κ1) is 17.2. The first-order chi connectivity index (χ1) is 11.9. The van der Waals surface area contributed by atoms with Gasteiger partial charge in [0.15, 0.2) is 17.5 Å². The van der Waals surface area contributed by atoms with E-state index in [2.05, 4.69) is 15.0 Å². The molecule has 0 aliphatic rings. The Kier molecular flexibility index (Phi) is 4.64. The Bertz CT molecular complexity index is 992. The van der Waals surface area contributed by atoms with E-state index in [0.29, 0.717) is 0 Å². The molecule has 10 heteroatoms. The Balaban J connectivity index is 1.76. The standard InChI is InChI=1S/C15H10F3N3O2S2/c16-10-4-5-11(15(18)14(10)17)20-9-3-6-12(19-8-9)21-25(22,23)13-2-1-7-24-13/h1-8,20H,(H,19,21). The molecule has 2 N–H and O–H groups in total. The van der Waals surface area contributed by atoms with Crippen LogP contribution in [0.25, 0.3) is 0 Å². The van der Waals surface area contributed by atoms with Crippen molar-refractivity contribution in [3.8, 4) is 0 Å². The van der Waals surface area contributed by atoms with Crippen LogP contribution in [0, 0.1) is 17.5 Å². The summed E-state index contributed by atoms with van der Waals surface area (Å²) in [5.74, 6) is -4.18. The summed E-state index contributed by atoms with van der Waals surface area (Å²) < 4.78 is 66.3. The third kappa shape index (κ3) is 3.74. The minimum Gasteiger partial charge on any atom is -0.352 e. The average Bonchev–Trinajstić information content (AvgIpc) is 3.12. The van der Waals surface area contributed by atoms with Gasteiger partial charge in [0.05, 0.1) is 17.6 Å². The molecule has 25 heavy (non-hydrogen) atoms. The number of hydrogen-bond acceptors (Lipinski definition) is 5. The van der Waals surface area contributed by atoms with Crippen LogP contribution < -0.4 is 10.0 Å². The fraction of sp³-hybridized carbons (Fsp3) is 0. The van der Waals surface area contributed by atoms with E-state index in [1.807, 2.05) is 0 Å². The Hall–Kier alpha value is -2.59. The van der Waals surface area contributed by atoms with Crippen LogP contribution in [0.1, 0.15) is 0 Å². The third-order valence-corrected chi connectivity index (χ3v) is 5.83. The van der Waals surface area contributed by atoms with Gasteiger partial charge in [-0.1, -0.05) is 6.07 Å². The number of rotatable bonds is 5. The summed E-state index contributed by atoms with van der Waals surface area (Å²) in [6, 6.07) is 7.66. The highest BCUT2D eigenvalue weighted by Crippen LogP contribution is 2.24. The number of pyridine rings is 1. The summed E-state index contributed by atoms with van der Waals surface area (Å²) in [6.07, 6.45) is 1.23. The molecule has 0 saturated heterocycles. The van der Waals surface area contributed by atoms with E-state index in [9.17, 15) is 21.6 Å². The number of sulfonamides is 1. The number of aromatic nitrogens is 1. The van der Waals surface area contributed by atoms with E-state index in [1.165, 1.54) is 24.4 Å². The van der Waals surface area contributed by atoms with Crippen LogP contribution in [0.4, 0.5) is 30.4 Å². The topological polar surface area (TPSA) is 71.1 Å². The van der Waals surface area contributed by atoms with E-state index >= 15 is 0 Å². The van der Waals surface area contributed by atoms with Crippen LogP contribution in [-0.4, -0.2) is 13.4 Å². The molecule has 0 saturated carbocycles. The summed E-state index contributed by atoms with van der Waals surface area (Å²) in [4.78, 5) is 3.90. The zero-order valence-electron chi connectivity index (χ0n) is 12.3. The highest BCUT2D eigenvalue weighted by molar-refractivity contribution is 7.94. The minimum atomic E-state index is -3.72. The highest BCUT2D eigenvalue weighted by Gasteiger charge is 2.16. The summed E-state index contributed by atoms with van der Waals surface area (Å²) >= 11 is 1.06. The molecule has 3 aromatic rings. The molecule has 0 aliphatic heterocycles. The van der Waals surface area contributed by atoms with E-state index in [1.54, 1.807) is 11.4 Å². The van der Waals surface area contributed by atoms with Gasteiger partial charge in [-0.15, -0.1) is 11.3 Å². The van der Waals surface area contributed by atoms with Crippen molar-refractivity contribution in [1.82, 2.24) is 4.98 Å². The Labute approximate surface area is 145 Å². The molecule has 2 aromatic heterocycles. The van der Waals surface area contributed by atoms with Gasteiger partial charge >= 0.3 is 0 Å². The van der Waals surface area contributed by atoms with Gasteiger partial charge in [-0.25, -0.2) is 26.6 Å². The van der Waals surface area contributed by atoms with Crippen molar-refractivity contribution in [3.05, 3.63) is 65.4 Å². The second-order valence-corrected chi connectivity index (χ2v) is 7.67. The second-order valence-electron chi connectivity index (χ2n) is 4.82. The zero-order chi connectivity index (χ0) is 18.0. The van der Waals surface area contributed by atoms with E-state index in [4.69, 9.17) is 0 Å². The van der Waals surface area contributed by atoms with Crippen molar-refractivity contribution in [2.75, 3.05) is 10.0 Å². The summed E-state index contributed by atoms with van der Waals surface area (Å²) in [5, 5.41) is 4.17. The largest absolute Gasteiger partial charge is 0.352 e. The first-order valence-corrected chi connectivity index (χ1v) is 9.16. The number of thiophene rings is 1. The molecule has 1 aromatic carbocycles. The fourth-order valence-electron chi connectivity index (χ4n) is 1.91. The molecular formula is C15H10F3N3O2S2. The number of benzene rings is 1. The van der Waals surface area contributed by atoms with Gasteiger partial charge in [-0.2, -0.15) is 0 Å². The Morgan fingerprint density at radius 1 is 1.00 bits per heavy atom. The molecule has 0 unspecified atom stereocenters. The number of nitrogens with zero attached hydrogens (tertiary/aromatic N) is 1. The van der Waals surface area contributed by atoms with Crippen LogP contribution in [0.2, 0.25) is 0 Å². The van der Waals surface area contributed by atoms with Crippen LogP contribution >= 0.6 is 11.3 Å². The van der Waals surface area contributed by atoms with Gasteiger partial charge < -0.3 is 5.32 Å². The number of hydrogen-bond donors (Lipinski definition) is 2. The molecule has 0 bridgehead atoms. The lowest BCUT2D eigenvalue weighted by molar-refractivity contribution is 0.449. The molecule has 0 fully saturated rings. The lowest BCUT2D eigenvalue weighted by Gasteiger charge is -2.09. The summed E-state index contributed by atoms with van der Waals surface area (Å²) in [5.41, 5.74) is -0.00315. The van der Waals surface area contributed by atoms with Gasteiger partial charge in [0.25, 0.3) is 10.0 Å². The van der Waals surface area contributed by atoms with Gasteiger partial charge in [-0.3, -0.25) is 4.72 Å². The van der Waals surface area contributed by atoms with Crippen molar-refractivity contribution >= 4 is 38.6 Å². The molecule has 0 spiro atoms. The normalized spacial score (nSPS) is 11.3. The van der Waals surface area contributed by atoms with Gasteiger partial charge in [-0.05, 0) is 35.7 Å². The predicted octanol–water partition coefficient (Wildman–Crippen LogP) is 4.10. The van der Waals surface area contributed by atoms with Gasteiger partial charge in [0.1, 0.15) is 10.0 Å². The van der Waals surface area contributed by atoms with Crippen molar-refractivity contribution in [1.29, 1.82) is 0 Å². The van der Waals surface area contributed by atoms with E-state index in [0.717, 1.165) is 23.5 Å². The molecule has 0 atom stereocenters. The van der Waals surface area contributed by atoms with Crippen molar-refractivity contribution in [2.24, 2.45) is 0 Å². The second kappa shape index (κ2) is 6.73. The smallest absolute Gasteiger partial charge is 0.272 e. The fourth-order valence-corrected chi connectivity index (χ4v) is 3.91. The monoisotopic (exact) mass is 385 g/mol. The quantitative estimate of drug-likeness (QED) is 0.649. The van der Waals surface area contributed by atoms with Crippen molar-refractivity contribution < 1.29 is 21.6 Å². The SMILES string of the molecule is O=S(=O)(Nc1ccc(Nc2ccc(F)c(F)c2F)cn1)c1cccs1. The van der Waals surface area contributed by atoms with Crippen molar-refractivity contribution in [3.63, 3.8) is 0 Å². The van der Waals surface area contributed by atoms with Gasteiger partial charge in [0, 0.05) is 0 Å². The number of halogens is 3. The molecule has 0 radical (unpaired) electrons. The van der Waals surface area contributed by atoms with Crippen LogP contribution in [-0.2, 0) is 10.0 Å². The zero-order valence-corrected chi connectivity index (χ0v) is 14.0. The molecule has 130 valence electrons. The van der Waals surface area contributed by atoms with Crippen LogP contribution in [0.15, 0.2) is 52.2 Å². The first-order valence-electron chi connectivity index (χ1n) is 6.80. The Morgan fingerprint density at radius 2 is 1.80 bits per heavy atom. The van der Waals surface area contributed by atoms with Gasteiger partial charge in [0.2, 0.25) is 0 Å². The maximum absolute atomic E-state index is 13.6. The molecule has 0 aliphatic carbocycles. The van der Waals surface area contributed by atoms with Crippen LogP contribution in [0.3, 0.4) is 0 Å². The summed E-state index contributed by atoms with van der Waals surface area (Å²) in [7, 11) is -3.72. The minimum absolute atomic E-state index is 0.0599. The lowest BCUT2D eigenvalue weighted by atomic mass is 10.2. The molecule has 5 nitrogen and oxygen atoms in total.